The standard InChI is InChI=1S/C14H16O2S/c1-11(15)14-8-5-7-13(10-14)6-3-4-9-17-12(2)16/h3,5-8,10H,4,9H2,1-2H3. The van der Waals surface area contributed by atoms with Crippen LogP contribution in [0.25, 0.3) is 6.08 Å². The van der Waals surface area contributed by atoms with Gasteiger partial charge in [0.2, 0.25) is 0 Å². The third-order valence-electron chi connectivity index (χ3n) is 2.19. The molecule has 0 aromatic heterocycles. The van der Waals surface area contributed by atoms with E-state index in [4.69, 9.17) is 0 Å². The van der Waals surface area contributed by atoms with E-state index >= 15 is 0 Å². The number of rotatable bonds is 5. The maximum absolute atomic E-state index is 11.2. The first-order valence-electron chi connectivity index (χ1n) is 5.50. The maximum Gasteiger partial charge on any atom is 0.185 e. The topological polar surface area (TPSA) is 34.1 Å². The molecule has 0 saturated heterocycles. The first-order valence-corrected chi connectivity index (χ1v) is 6.49. The minimum Gasteiger partial charge on any atom is -0.295 e. The summed E-state index contributed by atoms with van der Waals surface area (Å²) in [6.45, 7) is 3.14. The molecule has 2 nitrogen and oxygen atoms in total. The van der Waals surface area contributed by atoms with Gasteiger partial charge in [-0.25, -0.2) is 0 Å². The van der Waals surface area contributed by atoms with E-state index in [2.05, 4.69) is 0 Å². The number of hydrogen-bond donors (Lipinski definition) is 0. The summed E-state index contributed by atoms with van der Waals surface area (Å²) in [7, 11) is 0. The van der Waals surface area contributed by atoms with E-state index in [1.165, 1.54) is 11.8 Å². The van der Waals surface area contributed by atoms with Crippen molar-refractivity contribution in [3.8, 4) is 0 Å². The molecular weight excluding hydrogens is 232 g/mol. The zero-order chi connectivity index (χ0) is 12.7. The smallest absolute Gasteiger partial charge is 0.185 e. The third kappa shape index (κ3) is 5.50. The molecule has 0 radical (unpaired) electrons. The Balaban J connectivity index is 2.50. The Morgan fingerprint density at radius 3 is 2.71 bits per heavy atom. The molecule has 0 atom stereocenters. The van der Waals surface area contributed by atoms with Crippen molar-refractivity contribution in [2.45, 2.75) is 20.3 Å². The van der Waals surface area contributed by atoms with Crippen LogP contribution in [0, 0.1) is 0 Å². The van der Waals surface area contributed by atoms with Gasteiger partial charge in [-0.05, 0) is 25.0 Å². The van der Waals surface area contributed by atoms with Gasteiger partial charge in [0.05, 0.1) is 0 Å². The van der Waals surface area contributed by atoms with Gasteiger partial charge in [0.25, 0.3) is 0 Å². The Morgan fingerprint density at radius 1 is 1.29 bits per heavy atom. The van der Waals surface area contributed by atoms with Crippen molar-refractivity contribution >= 4 is 28.7 Å². The highest BCUT2D eigenvalue weighted by Gasteiger charge is 1.98. The summed E-state index contributed by atoms with van der Waals surface area (Å²) >= 11 is 1.33. The predicted molar refractivity (Wildman–Crippen MR) is 73.2 cm³/mol. The number of carbonyl (C=O) groups excluding carboxylic acids is 2. The van der Waals surface area contributed by atoms with Gasteiger partial charge in [-0.3, -0.25) is 9.59 Å². The lowest BCUT2D eigenvalue weighted by Crippen LogP contribution is -1.91. The summed E-state index contributed by atoms with van der Waals surface area (Å²) in [5.74, 6) is 0.880. The second-order valence-corrected chi connectivity index (χ2v) is 4.98. The molecule has 0 aliphatic heterocycles. The van der Waals surface area contributed by atoms with Crippen LogP contribution in [0.15, 0.2) is 30.3 Å². The molecule has 0 aliphatic carbocycles. The lowest BCUT2D eigenvalue weighted by atomic mass is 10.1. The fraction of sp³-hybridized carbons (Fsp3) is 0.286. The molecule has 0 saturated carbocycles. The molecule has 1 aromatic rings. The van der Waals surface area contributed by atoms with Crippen LogP contribution in [-0.2, 0) is 4.79 Å². The molecular formula is C14H16O2S. The molecule has 0 aliphatic rings. The summed E-state index contributed by atoms with van der Waals surface area (Å²) < 4.78 is 0. The molecule has 1 rings (SSSR count). The summed E-state index contributed by atoms with van der Waals surface area (Å²) in [6, 6.07) is 7.52. The largest absolute Gasteiger partial charge is 0.295 e. The molecule has 0 unspecified atom stereocenters. The predicted octanol–water partition coefficient (Wildman–Crippen LogP) is 3.57. The highest BCUT2D eigenvalue weighted by atomic mass is 32.2. The van der Waals surface area contributed by atoms with Crippen molar-refractivity contribution in [3.63, 3.8) is 0 Å². The van der Waals surface area contributed by atoms with Crippen molar-refractivity contribution < 1.29 is 9.59 Å². The quantitative estimate of drug-likeness (QED) is 0.590. The average molecular weight is 248 g/mol. The average Bonchev–Trinajstić information content (AvgIpc) is 2.28. The van der Waals surface area contributed by atoms with Crippen LogP contribution in [-0.4, -0.2) is 16.7 Å². The molecule has 90 valence electrons. The van der Waals surface area contributed by atoms with E-state index in [-0.39, 0.29) is 10.9 Å². The molecule has 1 aromatic carbocycles. The Kier molecular flexibility index (Phi) is 5.70. The van der Waals surface area contributed by atoms with Crippen LogP contribution in [0.2, 0.25) is 0 Å². The minimum absolute atomic E-state index is 0.0763. The zero-order valence-electron chi connectivity index (χ0n) is 10.1. The van der Waals surface area contributed by atoms with Crippen LogP contribution in [0.3, 0.4) is 0 Å². The van der Waals surface area contributed by atoms with Crippen molar-refractivity contribution in [2.24, 2.45) is 0 Å². The van der Waals surface area contributed by atoms with E-state index < -0.39 is 0 Å². The molecule has 0 bridgehead atoms. The van der Waals surface area contributed by atoms with Gasteiger partial charge in [-0.2, -0.15) is 0 Å². The summed E-state index contributed by atoms with van der Waals surface area (Å²) in [4.78, 5) is 21.9. The van der Waals surface area contributed by atoms with Crippen LogP contribution in [0.5, 0.6) is 0 Å². The van der Waals surface area contributed by atoms with Gasteiger partial charge in [0, 0.05) is 18.2 Å². The number of thioether (sulfide) groups is 1. The summed E-state index contributed by atoms with van der Waals surface area (Å²) in [5, 5.41) is 0.150. The fourth-order valence-electron chi connectivity index (χ4n) is 1.35. The first kappa shape index (κ1) is 13.7. The van der Waals surface area contributed by atoms with Crippen molar-refractivity contribution in [3.05, 3.63) is 41.5 Å². The van der Waals surface area contributed by atoms with Crippen molar-refractivity contribution in [1.82, 2.24) is 0 Å². The number of carbonyl (C=O) groups is 2. The van der Waals surface area contributed by atoms with Gasteiger partial charge < -0.3 is 0 Å². The highest BCUT2D eigenvalue weighted by molar-refractivity contribution is 8.13. The molecule has 0 N–H and O–H groups in total. The Labute approximate surface area is 106 Å². The normalized spacial score (nSPS) is 10.7. The molecule has 17 heavy (non-hydrogen) atoms. The monoisotopic (exact) mass is 248 g/mol. The van der Waals surface area contributed by atoms with E-state index in [1.807, 2.05) is 36.4 Å². The van der Waals surface area contributed by atoms with Gasteiger partial charge >= 0.3 is 0 Å². The third-order valence-corrected chi connectivity index (χ3v) is 3.04. The van der Waals surface area contributed by atoms with Gasteiger partial charge in [-0.15, -0.1) is 0 Å². The fourth-order valence-corrected chi connectivity index (χ4v) is 1.89. The van der Waals surface area contributed by atoms with E-state index in [1.54, 1.807) is 13.8 Å². The summed E-state index contributed by atoms with van der Waals surface area (Å²) in [6.07, 6.45) is 4.86. The second-order valence-electron chi connectivity index (χ2n) is 3.71. The van der Waals surface area contributed by atoms with Gasteiger partial charge in [0.15, 0.2) is 10.9 Å². The molecule has 0 heterocycles. The van der Waals surface area contributed by atoms with Crippen LogP contribution in [0.4, 0.5) is 0 Å². The number of Topliss-reactive ketones (excluding diaryl/α,β-unsaturated/α-hetero) is 1. The lowest BCUT2D eigenvalue weighted by molar-refractivity contribution is -0.109. The van der Waals surface area contributed by atoms with Crippen LogP contribution >= 0.6 is 11.8 Å². The van der Waals surface area contributed by atoms with Crippen LogP contribution in [0.1, 0.15) is 36.2 Å². The van der Waals surface area contributed by atoms with E-state index in [0.29, 0.717) is 0 Å². The van der Waals surface area contributed by atoms with Crippen molar-refractivity contribution in [1.29, 1.82) is 0 Å². The van der Waals surface area contributed by atoms with Gasteiger partial charge in [-0.1, -0.05) is 42.1 Å². The van der Waals surface area contributed by atoms with E-state index in [9.17, 15) is 9.59 Å². The van der Waals surface area contributed by atoms with Crippen molar-refractivity contribution in [2.75, 3.05) is 5.75 Å². The molecule has 0 amide bonds. The molecule has 0 fully saturated rings. The SMILES string of the molecule is CC(=O)SCCC=Cc1cccc(C(C)=O)c1. The second kappa shape index (κ2) is 7.07. The number of allylic oxidation sites excluding steroid dienone is 1. The van der Waals surface area contributed by atoms with E-state index in [0.717, 1.165) is 23.3 Å². The number of hydrogen-bond acceptors (Lipinski definition) is 3. The maximum atomic E-state index is 11.2. The zero-order valence-corrected chi connectivity index (χ0v) is 10.9. The Hall–Kier alpha value is -1.35. The Morgan fingerprint density at radius 2 is 2.06 bits per heavy atom. The molecule has 0 spiro atoms. The number of ketones is 1. The van der Waals surface area contributed by atoms with Crippen LogP contribution < -0.4 is 0 Å². The minimum atomic E-state index is 0.0763. The Bertz CT molecular complexity index is 436. The number of benzene rings is 1. The summed E-state index contributed by atoms with van der Waals surface area (Å²) in [5.41, 5.74) is 1.75. The highest BCUT2D eigenvalue weighted by Crippen LogP contribution is 2.09. The first-order chi connectivity index (χ1) is 8.09. The lowest BCUT2D eigenvalue weighted by Gasteiger charge is -1.97. The van der Waals surface area contributed by atoms with Gasteiger partial charge in [0.1, 0.15) is 0 Å². The molecule has 3 heteroatoms.